The molecule has 154 valence electrons. The second-order valence-electron chi connectivity index (χ2n) is 7.28. The van der Waals surface area contributed by atoms with Crippen LogP contribution in [0, 0.1) is 5.82 Å². The van der Waals surface area contributed by atoms with Crippen LogP contribution in [0.4, 0.5) is 15.8 Å². The molecule has 0 aromatic heterocycles. The molecule has 0 aliphatic carbocycles. The lowest BCUT2D eigenvalue weighted by molar-refractivity contribution is -0.124. The number of anilines is 2. The number of hydrogen-bond acceptors (Lipinski definition) is 4. The van der Waals surface area contributed by atoms with Gasteiger partial charge in [-0.1, -0.05) is 24.3 Å². The van der Waals surface area contributed by atoms with E-state index in [1.165, 1.54) is 12.1 Å². The first kappa shape index (κ1) is 21.0. The van der Waals surface area contributed by atoms with Crippen molar-refractivity contribution < 1.29 is 14.0 Å². The van der Waals surface area contributed by atoms with Crippen molar-refractivity contribution in [2.75, 3.05) is 50.0 Å². The number of halogens is 1. The molecule has 0 saturated carbocycles. The zero-order valence-electron chi connectivity index (χ0n) is 16.8. The van der Waals surface area contributed by atoms with Crippen LogP contribution in [0.3, 0.4) is 0 Å². The van der Waals surface area contributed by atoms with Gasteiger partial charge < -0.3 is 10.2 Å². The molecule has 0 unspecified atom stereocenters. The minimum atomic E-state index is -0.379. The third-order valence-corrected chi connectivity index (χ3v) is 5.26. The van der Waals surface area contributed by atoms with Crippen molar-refractivity contribution in [2.24, 2.45) is 0 Å². The number of rotatable bonds is 6. The fourth-order valence-corrected chi connectivity index (χ4v) is 3.49. The molecule has 1 aliphatic heterocycles. The first-order valence-electron chi connectivity index (χ1n) is 9.78. The molecule has 1 atom stereocenters. The first-order valence-corrected chi connectivity index (χ1v) is 9.78. The van der Waals surface area contributed by atoms with Gasteiger partial charge in [0, 0.05) is 44.6 Å². The van der Waals surface area contributed by atoms with E-state index in [1.807, 2.05) is 42.2 Å². The number of carbonyl (C=O) groups is 2. The third-order valence-electron chi connectivity index (χ3n) is 5.26. The highest BCUT2D eigenvalue weighted by atomic mass is 19.1. The van der Waals surface area contributed by atoms with Crippen molar-refractivity contribution >= 4 is 23.2 Å². The lowest BCUT2D eigenvalue weighted by atomic mass is 10.2. The number of hydrogen-bond donors (Lipinski definition) is 1. The Hall–Kier alpha value is -2.77. The topological polar surface area (TPSA) is 55.9 Å². The van der Waals surface area contributed by atoms with Gasteiger partial charge in [-0.05, 0) is 37.3 Å². The summed E-state index contributed by atoms with van der Waals surface area (Å²) in [5.41, 5.74) is 1.33. The highest BCUT2D eigenvalue weighted by Gasteiger charge is 2.28. The number of nitrogens with zero attached hydrogens (tertiary/aromatic N) is 3. The van der Waals surface area contributed by atoms with Crippen molar-refractivity contribution in [1.29, 1.82) is 0 Å². The number of likely N-dealkylation sites (N-methyl/N-ethyl adjacent to an activating group) is 1. The van der Waals surface area contributed by atoms with Gasteiger partial charge in [-0.25, -0.2) is 4.39 Å². The normalized spacial score (nSPS) is 16.2. The second kappa shape index (κ2) is 9.62. The average molecular weight is 398 g/mol. The Labute approximate surface area is 170 Å². The van der Waals surface area contributed by atoms with Gasteiger partial charge in [0.05, 0.1) is 12.6 Å². The molecule has 1 fully saturated rings. The summed E-state index contributed by atoms with van der Waals surface area (Å²) in [5, 5.41) is 2.72. The van der Waals surface area contributed by atoms with Crippen LogP contribution < -0.4 is 10.2 Å². The SMILES string of the molecule is C[C@@H](C(=O)N(C)c1ccccc1)N1CCN(CC(=O)Nc2cccc(F)c2)CC1. The molecule has 2 aromatic rings. The van der Waals surface area contributed by atoms with Gasteiger partial charge >= 0.3 is 0 Å². The molecule has 1 heterocycles. The molecule has 0 bridgehead atoms. The highest BCUT2D eigenvalue weighted by Crippen LogP contribution is 2.15. The van der Waals surface area contributed by atoms with Crippen LogP contribution in [0.5, 0.6) is 0 Å². The number of amides is 2. The van der Waals surface area contributed by atoms with Crippen molar-refractivity contribution in [3.05, 3.63) is 60.4 Å². The molecule has 6 nitrogen and oxygen atoms in total. The van der Waals surface area contributed by atoms with E-state index < -0.39 is 0 Å². The summed E-state index contributed by atoms with van der Waals surface area (Å²) in [6.45, 7) is 4.99. The molecule has 2 aromatic carbocycles. The standard InChI is InChI=1S/C22H27FN4O2/c1-17(22(29)25(2)20-9-4-3-5-10-20)27-13-11-26(12-14-27)16-21(28)24-19-8-6-7-18(23)15-19/h3-10,15,17H,11-14,16H2,1-2H3,(H,24,28)/t17-/m0/s1. The Bertz CT molecular complexity index is 838. The zero-order chi connectivity index (χ0) is 20.8. The van der Waals surface area contributed by atoms with E-state index in [2.05, 4.69) is 10.2 Å². The van der Waals surface area contributed by atoms with Gasteiger partial charge in [0.1, 0.15) is 5.82 Å². The van der Waals surface area contributed by atoms with Crippen LogP contribution in [0.15, 0.2) is 54.6 Å². The number of nitrogens with one attached hydrogen (secondary N) is 1. The van der Waals surface area contributed by atoms with Gasteiger partial charge in [-0.3, -0.25) is 19.4 Å². The lowest BCUT2D eigenvalue weighted by Gasteiger charge is -2.38. The smallest absolute Gasteiger partial charge is 0.243 e. The summed E-state index contributed by atoms with van der Waals surface area (Å²) < 4.78 is 13.2. The van der Waals surface area contributed by atoms with E-state index in [4.69, 9.17) is 0 Å². The predicted molar refractivity (Wildman–Crippen MR) is 112 cm³/mol. The Morgan fingerprint density at radius 3 is 2.41 bits per heavy atom. The van der Waals surface area contributed by atoms with Crippen LogP contribution in [0.2, 0.25) is 0 Å². The molecule has 1 aliphatic rings. The maximum Gasteiger partial charge on any atom is 0.243 e. The molecular formula is C22H27FN4O2. The second-order valence-corrected chi connectivity index (χ2v) is 7.28. The quantitative estimate of drug-likeness (QED) is 0.812. The Balaban J connectivity index is 1.47. The third kappa shape index (κ3) is 5.62. The van der Waals surface area contributed by atoms with Gasteiger partial charge in [0.25, 0.3) is 0 Å². The Morgan fingerprint density at radius 1 is 1.07 bits per heavy atom. The summed E-state index contributed by atoms with van der Waals surface area (Å²) in [7, 11) is 1.79. The van der Waals surface area contributed by atoms with E-state index in [0.717, 1.165) is 5.69 Å². The minimum Gasteiger partial charge on any atom is -0.325 e. The Kier molecular flexibility index (Phi) is 6.95. The monoisotopic (exact) mass is 398 g/mol. The summed E-state index contributed by atoms with van der Waals surface area (Å²) in [4.78, 5) is 30.9. The summed E-state index contributed by atoms with van der Waals surface area (Å²) in [6, 6.07) is 15.2. The van der Waals surface area contributed by atoms with Crippen molar-refractivity contribution in [1.82, 2.24) is 9.80 Å². The van der Waals surface area contributed by atoms with Crippen LogP contribution in [-0.4, -0.2) is 67.4 Å². The molecule has 2 amide bonds. The number of para-hydroxylation sites is 1. The van der Waals surface area contributed by atoms with E-state index in [9.17, 15) is 14.0 Å². The van der Waals surface area contributed by atoms with Crippen LogP contribution in [0.25, 0.3) is 0 Å². The predicted octanol–water partition coefficient (Wildman–Crippen LogP) is 2.43. The summed E-state index contributed by atoms with van der Waals surface area (Å²) >= 11 is 0. The highest BCUT2D eigenvalue weighted by molar-refractivity contribution is 5.96. The molecule has 0 radical (unpaired) electrons. The zero-order valence-corrected chi connectivity index (χ0v) is 16.8. The van der Waals surface area contributed by atoms with Gasteiger partial charge in [0.15, 0.2) is 0 Å². The van der Waals surface area contributed by atoms with Crippen LogP contribution in [0.1, 0.15) is 6.92 Å². The van der Waals surface area contributed by atoms with Crippen molar-refractivity contribution in [3.63, 3.8) is 0 Å². The van der Waals surface area contributed by atoms with Gasteiger partial charge in [0.2, 0.25) is 11.8 Å². The molecule has 3 rings (SSSR count). The maximum atomic E-state index is 13.2. The molecule has 29 heavy (non-hydrogen) atoms. The first-order chi connectivity index (χ1) is 13.9. The molecule has 1 N–H and O–H groups in total. The number of piperazine rings is 1. The van der Waals surface area contributed by atoms with Crippen molar-refractivity contribution in [3.8, 4) is 0 Å². The Morgan fingerprint density at radius 2 is 1.76 bits per heavy atom. The molecular weight excluding hydrogens is 371 g/mol. The van der Waals surface area contributed by atoms with Gasteiger partial charge in [-0.2, -0.15) is 0 Å². The lowest BCUT2D eigenvalue weighted by Crippen LogP contribution is -2.55. The van der Waals surface area contributed by atoms with E-state index in [1.54, 1.807) is 24.1 Å². The fraction of sp³-hybridized carbons (Fsp3) is 0.364. The molecule has 7 heteroatoms. The number of benzene rings is 2. The van der Waals surface area contributed by atoms with Crippen LogP contribution in [-0.2, 0) is 9.59 Å². The maximum absolute atomic E-state index is 13.2. The van der Waals surface area contributed by atoms with E-state index in [-0.39, 0.29) is 30.2 Å². The average Bonchev–Trinajstić information content (AvgIpc) is 2.73. The van der Waals surface area contributed by atoms with E-state index in [0.29, 0.717) is 31.9 Å². The molecule has 0 spiro atoms. The summed E-state index contributed by atoms with van der Waals surface area (Å²) in [5.74, 6) is -0.499. The number of carbonyl (C=O) groups excluding carboxylic acids is 2. The van der Waals surface area contributed by atoms with Crippen LogP contribution >= 0.6 is 0 Å². The largest absolute Gasteiger partial charge is 0.325 e. The fourth-order valence-electron chi connectivity index (χ4n) is 3.49. The van der Waals surface area contributed by atoms with Crippen molar-refractivity contribution in [2.45, 2.75) is 13.0 Å². The molecule has 1 saturated heterocycles. The summed E-state index contributed by atoms with van der Waals surface area (Å²) in [6.07, 6.45) is 0. The minimum absolute atomic E-state index is 0.0495. The van der Waals surface area contributed by atoms with E-state index >= 15 is 0 Å². The van der Waals surface area contributed by atoms with Gasteiger partial charge in [-0.15, -0.1) is 0 Å².